The molecule has 0 unspecified atom stereocenters. The Morgan fingerprint density at radius 3 is 2.78 bits per heavy atom. The van der Waals surface area contributed by atoms with Crippen LogP contribution in [0.5, 0.6) is 0 Å². The fraction of sp³-hybridized carbons (Fsp3) is 0.375. The van der Waals surface area contributed by atoms with Crippen LogP contribution in [-0.4, -0.2) is 33.5 Å². The van der Waals surface area contributed by atoms with Gasteiger partial charge in [0.1, 0.15) is 11.6 Å². The molecule has 2 aromatic rings. The fourth-order valence-corrected chi connectivity index (χ4v) is 2.41. The molecule has 1 aliphatic carbocycles. The van der Waals surface area contributed by atoms with Crippen molar-refractivity contribution in [3.8, 4) is 5.69 Å². The quantitative estimate of drug-likeness (QED) is 0.462. The highest BCUT2D eigenvalue weighted by Crippen LogP contribution is 2.25. The third kappa shape index (κ3) is 4.01. The van der Waals surface area contributed by atoms with Gasteiger partial charge in [0.2, 0.25) is 0 Å². The summed E-state index contributed by atoms with van der Waals surface area (Å²) in [7, 11) is 1.95. The molecule has 0 amide bonds. The molecule has 1 aromatic heterocycles. The minimum Gasteiger partial charge on any atom is -0.370 e. The highest BCUT2D eigenvalue weighted by Gasteiger charge is 2.27. The molecule has 23 heavy (non-hydrogen) atoms. The number of hydrogen-bond donors (Lipinski definition) is 1. The van der Waals surface area contributed by atoms with Gasteiger partial charge in [0.15, 0.2) is 5.96 Å². The standard InChI is InChI=1S/C16H20FN5.HI/c1-11-19-7-8-22(11)15-6-3-12(9-14(15)17)10-20-16(18)21(2)13-4-5-13;/h3,6-9,13H,4-5,10H2,1-2H3,(H2,18,20);1H. The number of halogens is 2. The van der Waals surface area contributed by atoms with E-state index in [1.54, 1.807) is 23.0 Å². The van der Waals surface area contributed by atoms with Crippen LogP contribution in [0.2, 0.25) is 0 Å². The maximum atomic E-state index is 14.3. The van der Waals surface area contributed by atoms with Crippen molar-refractivity contribution in [1.82, 2.24) is 14.5 Å². The molecule has 124 valence electrons. The second-order valence-electron chi connectivity index (χ2n) is 5.65. The lowest BCUT2D eigenvalue weighted by Gasteiger charge is -2.16. The van der Waals surface area contributed by atoms with E-state index in [0.29, 0.717) is 24.2 Å². The number of aliphatic imine (C=N–C) groups is 1. The molecular formula is C16H21FIN5. The molecule has 0 radical (unpaired) electrons. The molecule has 1 fully saturated rings. The van der Waals surface area contributed by atoms with Crippen LogP contribution in [0.25, 0.3) is 5.69 Å². The van der Waals surface area contributed by atoms with E-state index in [9.17, 15) is 4.39 Å². The molecule has 1 aliphatic rings. The number of aromatic nitrogens is 2. The molecule has 1 saturated carbocycles. The van der Waals surface area contributed by atoms with Gasteiger partial charge in [-0.25, -0.2) is 14.4 Å². The largest absolute Gasteiger partial charge is 0.370 e. The monoisotopic (exact) mass is 429 g/mol. The first kappa shape index (κ1) is 17.7. The Balaban J connectivity index is 0.00000192. The first-order valence-corrected chi connectivity index (χ1v) is 7.38. The number of hydrogen-bond acceptors (Lipinski definition) is 2. The summed E-state index contributed by atoms with van der Waals surface area (Å²) < 4.78 is 16.0. The van der Waals surface area contributed by atoms with E-state index in [4.69, 9.17) is 5.73 Å². The minimum absolute atomic E-state index is 0. The van der Waals surface area contributed by atoms with Gasteiger partial charge in [0, 0.05) is 25.5 Å². The van der Waals surface area contributed by atoms with Crippen LogP contribution in [0.4, 0.5) is 4.39 Å². The summed E-state index contributed by atoms with van der Waals surface area (Å²) in [6.45, 7) is 2.22. The Morgan fingerprint density at radius 1 is 1.48 bits per heavy atom. The number of guanidine groups is 1. The maximum absolute atomic E-state index is 14.3. The molecule has 0 saturated heterocycles. The van der Waals surface area contributed by atoms with Crippen LogP contribution < -0.4 is 5.73 Å². The van der Waals surface area contributed by atoms with E-state index in [1.807, 2.05) is 24.9 Å². The van der Waals surface area contributed by atoms with E-state index >= 15 is 0 Å². The van der Waals surface area contributed by atoms with E-state index in [0.717, 1.165) is 11.4 Å². The molecule has 0 aliphatic heterocycles. The number of benzene rings is 1. The third-order valence-electron chi connectivity index (χ3n) is 3.98. The van der Waals surface area contributed by atoms with Crippen LogP contribution in [-0.2, 0) is 6.54 Å². The molecule has 1 heterocycles. The van der Waals surface area contributed by atoms with Crippen LogP contribution in [0.15, 0.2) is 35.6 Å². The molecule has 3 rings (SSSR count). The summed E-state index contributed by atoms with van der Waals surface area (Å²) in [6, 6.07) is 5.64. The lowest BCUT2D eigenvalue weighted by Crippen LogP contribution is -2.35. The Morgan fingerprint density at radius 2 is 2.22 bits per heavy atom. The minimum atomic E-state index is -0.289. The van der Waals surface area contributed by atoms with Crippen molar-refractivity contribution in [1.29, 1.82) is 0 Å². The third-order valence-corrected chi connectivity index (χ3v) is 3.98. The predicted octanol–water partition coefficient (Wildman–Crippen LogP) is 2.85. The Kier molecular flexibility index (Phi) is 5.61. The molecule has 1 aromatic carbocycles. The molecule has 5 nitrogen and oxygen atoms in total. The molecule has 0 atom stereocenters. The van der Waals surface area contributed by atoms with Gasteiger partial charge in [-0.05, 0) is 37.5 Å². The van der Waals surface area contributed by atoms with E-state index < -0.39 is 0 Å². The first-order valence-electron chi connectivity index (χ1n) is 7.38. The summed E-state index contributed by atoms with van der Waals surface area (Å²) in [6.07, 6.45) is 5.73. The normalized spacial score (nSPS) is 14.5. The Hall–Kier alpha value is -1.64. The van der Waals surface area contributed by atoms with Crippen molar-refractivity contribution >= 4 is 29.9 Å². The highest BCUT2D eigenvalue weighted by molar-refractivity contribution is 14.0. The van der Waals surface area contributed by atoms with Gasteiger partial charge >= 0.3 is 0 Å². The van der Waals surface area contributed by atoms with Gasteiger partial charge in [-0.15, -0.1) is 24.0 Å². The van der Waals surface area contributed by atoms with Gasteiger partial charge in [0.25, 0.3) is 0 Å². The number of nitrogens with zero attached hydrogens (tertiary/aromatic N) is 4. The number of aryl methyl sites for hydroxylation is 1. The lowest BCUT2D eigenvalue weighted by molar-refractivity contribution is 0.487. The van der Waals surface area contributed by atoms with E-state index in [-0.39, 0.29) is 29.8 Å². The summed E-state index contributed by atoms with van der Waals surface area (Å²) >= 11 is 0. The second-order valence-corrected chi connectivity index (χ2v) is 5.65. The average molecular weight is 429 g/mol. The zero-order chi connectivity index (χ0) is 15.7. The molecular weight excluding hydrogens is 408 g/mol. The maximum Gasteiger partial charge on any atom is 0.191 e. The van der Waals surface area contributed by atoms with Crippen molar-refractivity contribution in [2.24, 2.45) is 10.7 Å². The number of imidazole rings is 1. The zero-order valence-corrected chi connectivity index (χ0v) is 15.6. The Bertz CT molecular complexity index is 708. The van der Waals surface area contributed by atoms with Crippen LogP contribution >= 0.6 is 24.0 Å². The van der Waals surface area contributed by atoms with Gasteiger partial charge in [0.05, 0.1) is 12.2 Å². The summed E-state index contributed by atoms with van der Waals surface area (Å²) in [4.78, 5) is 10.4. The van der Waals surface area contributed by atoms with Gasteiger partial charge in [-0.1, -0.05) is 6.07 Å². The van der Waals surface area contributed by atoms with Crippen molar-refractivity contribution in [2.45, 2.75) is 32.4 Å². The van der Waals surface area contributed by atoms with E-state index in [2.05, 4.69) is 9.98 Å². The summed E-state index contributed by atoms with van der Waals surface area (Å²) in [5.41, 5.74) is 7.23. The summed E-state index contributed by atoms with van der Waals surface area (Å²) in [5, 5.41) is 0. The van der Waals surface area contributed by atoms with Crippen LogP contribution in [0.3, 0.4) is 0 Å². The highest BCUT2D eigenvalue weighted by atomic mass is 127. The van der Waals surface area contributed by atoms with Gasteiger partial charge < -0.3 is 15.2 Å². The molecule has 2 N–H and O–H groups in total. The molecule has 7 heteroatoms. The Labute approximate surface area is 152 Å². The molecule has 0 spiro atoms. The van der Waals surface area contributed by atoms with Gasteiger partial charge in [-0.3, -0.25) is 0 Å². The van der Waals surface area contributed by atoms with Crippen molar-refractivity contribution in [3.63, 3.8) is 0 Å². The lowest BCUT2D eigenvalue weighted by atomic mass is 10.2. The van der Waals surface area contributed by atoms with Gasteiger partial charge in [-0.2, -0.15) is 0 Å². The topological polar surface area (TPSA) is 59.4 Å². The second kappa shape index (κ2) is 7.29. The SMILES string of the molecule is Cc1nccn1-c1ccc(CN=C(N)N(C)C2CC2)cc1F.I. The van der Waals surface area contributed by atoms with Crippen molar-refractivity contribution in [2.75, 3.05) is 7.05 Å². The van der Waals surface area contributed by atoms with Crippen molar-refractivity contribution < 1.29 is 4.39 Å². The van der Waals surface area contributed by atoms with Crippen molar-refractivity contribution in [3.05, 3.63) is 47.8 Å². The predicted molar refractivity (Wildman–Crippen MR) is 99.8 cm³/mol. The smallest absolute Gasteiger partial charge is 0.191 e. The number of nitrogens with two attached hydrogens (primary N) is 1. The van der Waals surface area contributed by atoms with E-state index in [1.165, 1.54) is 18.9 Å². The summed E-state index contributed by atoms with van der Waals surface area (Å²) in [5.74, 6) is 0.973. The average Bonchev–Trinajstić information content (AvgIpc) is 3.27. The first-order chi connectivity index (χ1) is 10.6. The van der Waals surface area contributed by atoms with Crippen LogP contribution in [0, 0.1) is 12.7 Å². The van der Waals surface area contributed by atoms with Crippen LogP contribution in [0.1, 0.15) is 24.2 Å². The fourth-order valence-electron chi connectivity index (χ4n) is 2.41. The number of rotatable bonds is 4. The zero-order valence-electron chi connectivity index (χ0n) is 13.2. The molecule has 0 bridgehead atoms.